The molecule has 0 saturated heterocycles. The van der Waals surface area contributed by atoms with Crippen molar-refractivity contribution in [1.29, 1.82) is 5.26 Å². The standard InChI is InChI=1S/C28H22N2O4/c1-2-33-28-17-20(15-25(18-29)23-10-12-26(13-11-23)30(31)32)8-14-27(28)34-19-21-7-9-22-5-3-4-6-24(22)16-21/h3-17H,2,19H2,1H3/b25-15-. The number of hydrogen-bond acceptors (Lipinski definition) is 5. The van der Waals surface area contributed by atoms with E-state index < -0.39 is 4.92 Å². The van der Waals surface area contributed by atoms with Crippen molar-refractivity contribution in [2.24, 2.45) is 0 Å². The zero-order valence-corrected chi connectivity index (χ0v) is 18.6. The third-order valence-electron chi connectivity index (χ3n) is 5.30. The van der Waals surface area contributed by atoms with Crippen LogP contribution in [0.5, 0.6) is 11.5 Å². The second-order valence-corrected chi connectivity index (χ2v) is 7.58. The summed E-state index contributed by atoms with van der Waals surface area (Å²) in [4.78, 5) is 10.4. The summed E-state index contributed by atoms with van der Waals surface area (Å²) in [5.41, 5.74) is 2.78. The highest BCUT2D eigenvalue weighted by Crippen LogP contribution is 2.31. The molecule has 0 aliphatic carbocycles. The molecule has 0 spiro atoms. The molecule has 168 valence electrons. The van der Waals surface area contributed by atoms with Gasteiger partial charge >= 0.3 is 0 Å². The van der Waals surface area contributed by atoms with Gasteiger partial charge in [-0.15, -0.1) is 0 Å². The third-order valence-corrected chi connectivity index (χ3v) is 5.30. The normalized spacial score (nSPS) is 11.1. The number of benzene rings is 4. The molecule has 6 nitrogen and oxygen atoms in total. The van der Waals surface area contributed by atoms with Crippen molar-refractivity contribution in [3.8, 4) is 17.6 Å². The van der Waals surface area contributed by atoms with Crippen LogP contribution in [-0.2, 0) is 6.61 Å². The molecule has 0 bridgehead atoms. The van der Waals surface area contributed by atoms with Crippen LogP contribution in [0.3, 0.4) is 0 Å². The maximum atomic E-state index is 10.9. The fraction of sp³-hybridized carbons (Fsp3) is 0.107. The van der Waals surface area contributed by atoms with Crippen LogP contribution in [0, 0.1) is 21.4 Å². The van der Waals surface area contributed by atoms with E-state index in [1.165, 1.54) is 17.5 Å². The van der Waals surface area contributed by atoms with Crippen LogP contribution < -0.4 is 9.47 Å². The Morgan fingerprint density at radius 2 is 1.71 bits per heavy atom. The fourth-order valence-electron chi connectivity index (χ4n) is 3.60. The summed E-state index contributed by atoms with van der Waals surface area (Å²) in [7, 11) is 0. The van der Waals surface area contributed by atoms with E-state index >= 15 is 0 Å². The molecule has 0 atom stereocenters. The molecule has 6 heteroatoms. The summed E-state index contributed by atoms with van der Waals surface area (Å²) < 4.78 is 11.8. The van der Waals surface area contributed by atoms with E-state index in [-0.39, 0.29) is 5.69 Å². The lowest BCUT2D eigenvalue weighted by molar-refractivity contribution is -0.384. The van der Waals surface area contributed by atoms with Crippen molar-refractivity contribution in [1.82, 2.24) is 0 Å². The van der Waals surface area contributed by atoms with Gasteiger partial charge < -0.3 is 9.47 Å². The molecular formula is C28H22N2O4. The lowest BCUT2D eigenvalue weighted by Crippen LogP contribution is -2.00. The molecule has 0 amide bonds. The Balaban J connectivity index is 1.56. The van der Waals surface area contributed by atoms with Gasteiger partial charge in [0.2, 0.25) is 0 Å². The Morgan fingerprint density at radius 1 is 0.941 bits per heavy atom. The SMILES string of the molecule is CCOc1cc(/C=C(/C#N)c2ccc([N+](=O)[O-])cc2)ccc1OCc1ccc2ccccc2c1. The number of ether oxygens (including phenoxy) is 2. The van der Waals surface area contributed by atoms with Crippen molar-refractivity contribution in [2.45, 2.75) is 13.5 Å². The molecule has 0 aromatic heterocycles. The molecule has 0 radical (unpaired) electrons. The number of nitro groups is 1. The lowest BCUT2D eigenvalue weighted by atomic mass is 10.0. The number of nitro benzene ring substituents is 1. The van der Waals surface area contributed by atoms with Crippen LogP contribution in [-0.4, -0.2) is 11.5 Å². The molecule has 4 rings (SSSR count). The number of nitriles is 1. The van der Waals surface area contributed by atoms with Gasteiger partial charge in [0.1, 0.15) is 6.61 Å². The molecule has 34 heavy (non-hydrogen) atoms. The minimum Gasteiger partial charge on any atom is -0.490 e. The summed E-state index contributed by atoms with van der Waals surface area (Å²) in [6.07, 6.45) is 1.72. The molecule has 0 aliphatic heterocycles. The summed E-state index contributed by atoms with van der Waals surface area (Å²) >= 11 is 0. The van der Waals surface area contributed by atoms with Gasteiger partial charge in [-0.3, -0.25) is 10.1 Å². The van der Waals surface area contributed by atoms with Gasteiger partial charge in [0, 0.05) is 12.1 Å². The van der Waals surface area contributed by atoms with Crippen LogP contribution in [0.2, 0.25) is 0 Å². The van der Waals surface area contributed by atoms with Gasteiger partial charge in [0.05, 0.1) is 23.2 Å². The predicted molar refractivity (Wildman–Crippen MR) is 132 cm³/mol. The molecule has 4 aromatic rings. The van der Waals surface area contributed by atoms with E-state index in [1.807, 2.05) is 43.3 Å². The van der Waals surface area contributed by atoms with Gasteiger partial charge in [0.25, 0.3) is 5.69 Å². The van der Waals surface area contributed by atoms with Crippen molar-refractivity contribution in [3.05, 3.63) is 112 Å². The van der Waals surface area contributed by atoms with Gasteiger partial charge in [0.15, 0.2) is 11.5 Å². The predicted octanol–water partition coefficient (Wildman–Crippen LogP) is 6.79. The minimum atomic E-state index is -0.468. The zero-order chi connectivity index (χ0) is 23.9. The van der Waals surface area contributed by atoms with Gasteiger partial charge in [-0.05, 0) is 70.8 Å². The van der Waals surface area contributed by atoms with Crippen LogP contribution in [0.15, 0.2) is 84.9 Å². The van der Waals surface area contributed by atoms with Crippen LogP contribution in [0.25, 0.3) is 22.4 Å². The Morgan fingerprint density at radius 3 is 2.41 bits per heavy atom. The van der Waals surface area contributed by atoms with E-state index in [2.05, 4.69) is 30.3 Å². The number of nitrogens with zero attached hydrogens (tertiary/aromatic N) is 2. The minimum absolute atomic E-state index is 0.0208. The molecule has 0 unspecified atom stereocenters. The van der Waals surface area contributed by atoms with Crippen molar-refractivity contribution in [3.63, 3.8) is 0 Å². The van der Waals surface area contributed by atoms with E-state index in [1.54, 1.807) is 18.2 Å². The second-order valence-electron chi connectivity index (χ2n) is 7.58. The number of hydrogen-bond donors (Lipinski definition) is 0. The average molecular weight is 450 g/mol. The molecule has 0 aliphatic rings. The molecule has 4 aromatic carbocycles. The maximum absolute atomic E-state index is 10.9. The van der Waals surface area contributed by atoms with E-state index in [0.29, 0.717) is 35.8 Å². The number of non-ortho nitro benzene ring substituents is 1. The first-order valence-electron chi connectivity index (χ1n) is 10.8. The summed E-state index contributed by atoms with van der Waals surface area (Å²) in [5.74, 6) is 1.19. The van der Waals surface area contributed by atoms with E-state index in [4.69, 9.17) is 9.47 Å². The average Bonchev–Trinajstić information content (AvgIpc) is 2.87. The first-order chi connectivity index (χ1) is 16.6. The summed E-state index contributed by atoms with van der Waals surface area (Å²) in [6.45, 7) is 2.76. The third kappa shape index (κ3) is 5.22. The largest absolute Gasteiger partial charge is 0.490 e. The molecule has 0 fully saturated rings. The molecule has 0 saturated carbocycles. The zero-order valence-electron chi connectivity index (χ0n) is 18.6. The fourth-order valence-corrected chi connectivity index (χ4v) is 3.60. The highest BCUT2D eigenvalue weighted by atomic mass is 16.6. The van der Waals surface area contributed by atoms with Crippen LogP contribution in [0.1, 0.15) is 23.6 Å². The number of rotatable bonds is 8. The smallest absolute Gasteiger partial charge is 0.269 e. The van der Waals surface area contributed by atoms with Crippen molar-refractivity contribution < 1.29 is 14.4 Å². The van der Waals surface area contributed by atoms with Crippen molar-refractivity contribution in [2.75, 3.05) is 6.61 Å². The summed E-state index contributed by atoms with van der Waals surface area (Å²) in [5, 5.41) is 22.8. The lowest BCUT2D eigenvalue weighted by Gasteiger charge is -2.13. The molecule has 0 N–H and O–H groups in total. The highest BCUT2D eigenvalue weighted by molar-refractivity contribution is 5.90. The second kappa shape index (κ2) is 10.3. The van der Waals surface area contributed by atoms with Crippen LogP contribution in [0.4, 0.5) is 5.69 Å². The van der Waals surface area contributed by atoms with E-state index in [9.17, 15) is 15.4 Å². The summed E-state index contributed by atoms with van der Waals surface area (Å²) in [6, 6.07) is 28.0. The Bertz CT molecular complexity index is 1400. The quantitative estimate of drug-likeness (QED) is 0.128. The van der Waals surface area contributed by atoms with Crippen LogP contribution >= 0.6 is 0 Å². The monoisotopic (exact) mass is 450 g/mol. The number of fused-ring (bicyclic) bond motifs is 1. The Labute approximate surface area is 197 Å². The highest BCUT2D eigenvalue weighted by Gasteiger charge is 2.10. The maximum Gasteiger partial charge on any atom is 0.269 e. The topological polar surface area (TPSA) is 85.4 Å². The van der Waals surface area contributed by atoms with Gasteiger partial charge in [-0.25, -0.2) is 0 Å². The number of allylic oxidation sites excluding steroid dienone is 1. The Hall–Kier alpha value is -4.63. The molecular weight excluding hydrogens is 428 g/mol. The van der Waals surface area contributed by atoms with Gasteiger partial charge in [-0.2, -0.15) is 5.26 Å². The van der Waals surface area contributed by atoms with Gasteiger partial charge in [-0.1, -0.05) is 42.5 Å². The van der Waals surface area contributed by atoms with E-state index in [0.717, 1.165) is 16.5 Å². The van der Waals surface area contributed by atoms with Crippen molar-refractivity contribution >= 4 is 28.1 Å². The first kappa shape index (κ1) is 22.6. The Kier molecular flexibility index (Phi) is 6.85. The molecule has 0 heterocycles. The first-order valence-corrected chi connectivity index (χ1v) is 10.8.